The SMILES string of the molecule is CN(CC(=O)Nc1ccc(S(=O)(=O)N2CCOCC2)cc1)Cc1ccccc1N1CCOCC1. The number of carbonyl (C=O) groups excluding carboxylic acids is 1. The molecule has 2 aromatic rings. The maximum atomic E-state index is 12.7. The summed E-state index contributed by atoms with van der Waals surface area (Å²) in [6.45, 7) is 5.51. The number of para-hydroxylation sites is 1. The molecule has 4 rings (SSSR count). The lowest BCUT2D eigenvalue weighted by atomic mass is 10.1. The van der Waals surface area contributed by atoms with Crippen LogP contribution in [0.1, 0.15) is 5.56 Å². The molecule has 2 aliphatic rings. The van der Waals surface area contributed by atoms with Gasteiger partial charge in [-0.25, -0.2) is 8.42 Å². The number of amides is 1. The monoisotopic (exact) mass is 488 g/mol. The molecular weight excluding hydrogens is 456 g/mol. The van der Waals surface area contributed by atoms with Crippen LogP contribution in [0, 0.1) is 0 Å². The van der Waals surface area contributed by atoms with Gasteiger partial charge in [-0.3, -0.25) is 9.69 Å². The van der Waals surface area contributed by atoms with Crippen LogP contribution in [0.3, 0.4) is 0 Å². The van der Waals surface area contributed by atoms with Gasteiger partial charge in [0, 0.05) is 44.1 Å². The van der Waals surface area contributed by atoms with Gasteiger partial charge in [0.2, 0.25) is 15.9 Å². The molecule has 2 aliphatic heterocycles. The summed E-state index contributed by atoms with van der Waals surface area (Å²) in [4.78, 5) is 17.1. The van der Waals surface area contributed by atoms with Crippen molar-refractivity contribution in [2.45, 2.75) is 11.4 Å². The van der Waals surface area contributed by atoms with Gasteiger partial charge in [0.1, 0.15) is 0 Å². The van der Waals surface area contributed by atoms with E-state index >= 15 is 0 Å². The topological polar surface area (TPSA) is 91.4 Å². The zero-order valence-electron chi connectivity index (χ0n) is 19.5. The number of nitrogens with one attached hydrogen (secondary N) is 1. The lowest BCUT2D eigenvalue weighted by Gasteiger charge is -2.31. The number of carbonyl (C=O) groups is 1. The highest BCUT2D eigenvalue weighted by Gasteiger charge is 2.26. The first-order valence-corrected chi connectivity index (χ1v) is 12.9. The highest BCUT2D eigenvalue weighted by Crippen LogP contribution is 2.23. The standard InChI is InChI=1S/C24H32N4O5S/c1-26(18-20-4-2-3-5-23(20)27-10-14-32-15-11-27)19-24(29)25-21-6-8-22(9-7-21)34(30,31)28-12-16-33-17-13-28/h2-9H,10-19H2,1H3,(H,25,29). The molecule has 0 aliphatic carbocycles. The number of anilines is 2. The van der Waals surface area contributed by atoms with E-state index in [4.69, 9.17) is 9.47 Å². The Labute approximate surface area is 201 Å². The van der Waals surface area contributed by atoms with Gasteiger partial charge in [-0.2, -0.15) is 4.31 Å². The van der Waals surface area contributed by atoms with Crippen LogP contribution in [0.2, 0.25) is 0 Å². The van der Waals surface area contributed by atoms with E-state index in [1.54, 1.807) is 12.1 Å². The minimum absolute atomic E-state index is 0.157. The fourth-order valence-electron chi connectivity index (χ4n) is 4.20. The van der Waals surface area contributed by atoms with Crippen molar-refractivity contribution in [3.63, 3.8) is 0 Å². The smallest absolute Gasteiger partial charge is 0.243 e. The van der Waals surface area contributed by atoms with E-state index in [1.165, 1.54) is 22.1 Å². The Hall–Kier alpha value is -2.50. The molecule has 184 valence electrons. The predicted molar refractivity (Wildman–Crippen MR) is 130 cm³/mol. The average Bonchev–Trinajstić information content (AvgIpc) is 2.85. The molecule has 10 heteroatoms. The zero-order valence-corrected chi connectivity index (χ0v) is 20.3. The first-order chi connectivity index (χ1) is 16.4. The van der Waals surface area contributed by atoms with Crippen LogP contribution in [-0.2, 0) is 30.8 Å². The van der Waals surface area contributed by atoms with Gasteiger partial charge in [0.25, 0.3) is 0 Å². The Morgan fingerprint density at radius 3 is 2.24 bits per heavy atom. The van der Waals surface area contributed by atoms with Gasteiger partial charge >= 0.3 is 0 Å². The van der Waals surface area contributed by atoms with E-state index in [0.29, 0.717) is 38.5 Å². The average molecular weight is 489 g/mol. The Morgan fingerprint density at radius 1 is 0.941 bits per heavy atom. The normalized spacial score (nSPS) is 17.6. The zero-order chi connectivity index (χ0) is 24.0. The van der Waals surface area contributed by atoms with E-state index in [2.05, 4.69) is 22.3 Å². The molecular formula is C24H32N4O5S. The van der Waals surface area contributed by atoms with Crippen LogP contribution >= 0.6 is 0 Å². The van der Waals surface area contributed by atoms with Crippen LogP contribution in [0.5, 0.6) is 0 Å². The molecule has 0 aromatic heterocycles. The Morgan fingerprint density at radius 2 is 1.56 bits per heavy atom. The molecule has 0 spiro atoms. The van der Waals surface area contributed by atoms with E-state index in [0.717, 1.165) is 31.9 Å². The molecule has 0 bridgehead atoms. The summed E-state index contributed by atoms with van der Waals surface area (Å²) in [7, 11) is -1.64. The molecule has 34 heavy (non-hydrogen) atoms. The first kappa shape index (κ1) is 24.6. The maximum absolute atomic E-state index is 12.7. The van der Waals surface area contributed by atoms with Crippen molar-refractivity contribution < 1.29 is 22.7 Å². The number of sulfonamides is 1. The minimum Gasteiger partial charge on any atom is -0.379 e. The van der Waals surface area contributed by atoms with Crippen molar-refractivity contribution in [1.29, 1.82) is 0 Å². The number of ether oxygens (including phenoxy) is 2. The molecule has 9 nitrogen and oxygen atoms in total. The van der Waals surface area contributed by atoms with E-state index in [-0.39, 0.29) is 17.3 Å². The number of nitrogens with zero attached hydrogens (tertiary/aromatic N) is 3. The second-order valence-corrected chi connectivity index (χ2v) is 10.4. The molecule has 2 heterocycles. The number of morpholine rings is 2. The fourth-order valence-corrected chi connectivity index (χ4v) is 5.60. The van der Waals surface area contributed by atoms with Crippen molar-refractivity contribution in [2.24, 2.45) is 0 Å². The van der Waals surface area contributed by atoms with Crippen LogP contribution in [0.25, 0.3) is 0 Å². The van der Waals surface area contributed by atoms with Crippen molar-refractivity contribution in [3.05, 3.63) is 54.1 Å². The quantitative estimate of drug-likeness (QED) is 0.604. The number of hydrogen-bond acceptors (Lipinski definition) is 7. The predicted octanol–water partition coefficient (Wildman–Crippen LogP) is 1.61. The summed E-state index contributed by atoms with van der Waals surface area (Å²) in [5.74, 6) is -0.157. The Bertz CT molecular complexity index is 1070. The first-order valence-electron chi connectivity index (χ1n) is 11.5. The molecule has 1 N–H and O–H groups in total. The largest absolute Gasteiger partial charge is 0.379 e. The fraction of sp³-hybridized carbons (Fsp3) is 0.458. The molecule has 0 radical (unpaired) electrons. The number of hydrogen-bond donors (Lipinski definition) is 1. The highest BCUT2D eigenvalue weighted by atomic mass is 32.2. The van der Waals surface area contributed by atoms with Crippen molar-refractivity contribution >= 4 is 27.3 Å². The van der Waals surface area contributed by atoms with E-state index in [1.807, 2.05) is 24.1 Å². The van der Waals surface area contributed by atoms with Gasteiger partial charge in [0.05, 0.1) is 37.9 Å². The van der Waals surface area contributed by atoms with Gasteiger partial charge in [-0.1, -0.05) is 18.2 Å². The van der Waals surface area contributed by atoms with Gasteiger partial charge in [-0.15, -0.1) is 0 Å². The number of rotatable bonds is 8. The van der Waals surface area contributed by atoms with Crippen molar-refractivity contribution in [2.75, 3.05) is 76.4 Å². The molecule has 0 atom stereocenters. The Balaban J connectivity index is 1.32. The van der Waals surface area contributed by atoms with E-state index in [9.17, 15) is 13.2 Å². The molecule has 2 aromatic carbocycles. The summed E-state index contributed by atoms with van der Waals surface area (Å²) in [5.41, 5.74) is 2.90. The lowest BCUT2D eigenvalue weighted by molar-refractivity contribution is -0.117. The van der Waals surface area contributed by atoms with Crippen LogP contribution in [-0.4, -0.2) is 89.7 Å². The van der Waals surface area contributed by atoms with Gasteiger partial charge in [-0.05, 0) is 42.9 Å². The summed E-state index contributed by atoms with van der Waals surface area (Å²) < 4.78 is 37.6. The summed E-state index contributed by atoms with van der Waals surface area (Å²) in [6, 6.07) is 14.6. The van der Waals surface area contributed by atoms with Crippen LogP contribution < -0.4 is 10.2 Å². The van der Waals surface area contributed by atoms with Crippen LogP contribution in [0.4, 0.5) is 11.4 Å². The molecule has 2 saturated heterocycles. The maximum Gasteiger partial charge on any atom is 0.243 e. The third kappa shape index (κ3) is 6.13. The second-order valence-electron chi connectivity index (χ2n) is 8.49. The highest BCUT2D eigenvalue weighted by molar-refractivity contribution is 7.89. The summed E-state index contributed by atoms with van der Waals surface area (Å²) in [6.07, 6.45) is 0. The van der Waals surface area contributed by atoms with Gasteiger partial charge in [0.15, 0.2) is 0 Å². The molecule has 0 unspecified atom stereocenters. The molecule has 2 fully saturated rings. The molecule has 0 saturated carbocycles. The second kappa shape index (κ2) is 11.3. The minimum atomic E-state index is -3.55. The third-order valence-electron chi connectivity index (χ3n) is 5.94. The lowest BCUT2D eigenvalue weighted by Crippen LogP contribution is -2.40. The van der Waals surface area contributed by atoms with Crippen molar-refractivity contribution in [3.8, 4) is 0 Å². The number of likely N-dealkylation sites (N-methyl/N-ethyl adjacent to an activating group) is 1. The Kier molecular flexibility index (Phi) is 8.17. The van der Waals surface area contributed by atoms with Crippen LogP contribution in [0.15, 0.2) is 53.4 Å². The number of benzene rings is 2. The summed E-state index contributed by atoms with van der Waals surface area (Å²) >= 11 is 0. The summed E-state index contributed by atoms with van der Waals surface area (Å²) in [5, 5.41) is 2.86. The van der Waals surface area contributed by atoms with Crippen molar-refractivity contribution in [1.82, 2.24) is 9.21 Å². The van der Waals surface area contributed by atoms with E-state index < -0.39 is 10.0 Å². The van der Waals surface area contributed by atoms with Gasteiger partial charge < -0.3 is 19.7 Å². The third-order valence-corrected chi connectivity index (χ3v) is 7.86. The molecule has 1 amide bonds.